The summed E-state index contributed by atoms with van der Waals surface area (Å²) in [5, 5.41) is 50.1. The molecule has 0 bridgehead atoms. The number of phosphoric ester groups is 1. The molecular weight excluding hydrogens is 791 g/mol. The highest BCUT2D eigenvalue weighted by molar-refractivity contribution is 7.47. The average Bonchev–Trinajstić information content (AvgIpc) is 3.23. The van der Waals surface area contributed by atoms with Crippen LogP contribution in [0.2, 0.25) is 0 Å². The zero-order chi connectivity index (χ0) is 44.3. The molecule has 1 saturated carbocycles. The van der Waals surface area contributed by atoms with Crippen molar-refractivity contribution in [3.63, 3.8) is 0 Å². The van der Waals surface area contributed by atoms with Crippen molar-refractivity contribution in [3.05, 3.63) is 72.9 Å². The number of aliphatic hydroxyl groups is 5. The summed E-state index contributed by atoms with van der Waals surface area (Å²) in [4.78, 5) is 35.6. The summed E-state index contributed by atoms with van der Waals surface area (Å²) in [5.41, 5.74) is 0. The Bertz CT molecular complexity index is 1330. The number of unbranched alkanes of at least 4 members (excludes halogenated alkanes) is 11. The van der Waals surface area contributed by atoms with Crippen molar-refractivity contribution in [2.75, 3.05) is 13.2 Å². The van der Waals surface area contributed by atoms with E-state index < -0.39 is 75.7 Å². The summed E-state index contributed by atoms with van der Waals surface area (Å²) >= 11 is 0. The Hall–Kier alpha value is -2.71. The van der Waals surface area contributed by atoms with Gasteiger partial charge in [0.25, 0.3) is 0 Å². The first-order valence-electron chi connectivity index (χ1n) is 22.2. The molecule has 0 spiro atoms. The van der Waals surface area contributed by atoms with Crippen LogP contribution in [0.5, 0.6) is 0 Å². The van der Waals surface area contributed by atoms with Crippen molar-refractivity contribution in [2.24, 2.45) is 0 Å². The van der Waals surface area contributed by atoms with E-state index in [0.29, 0.717) is 12.8 Å². The van der Waals surface area contributed by atoms with Gasteiger partial charge in [-0.15, -0.1) is 0 Å². The Morgan fingerprint density at radius 1 is 0.533 bits per heavy atom. The zero-order valence-electron chi connectivity index (χ0n) is 36.2. The van der Waals surface area contributed by atoms with Crippen LogP contribution in [0, 0.1) is 0 Å². The molecule has 13 nitrogen and oxygen atoms in total. The molecule has 1 fully saturated rings. The molecule has 1 aliphatic rings. The van der Waals surface area contributed by atoms with E-state index in [0.717, 1.165) is 89.9 Å². The molecule has 6 N–H and O–H groups in total. The van der Waals surface area contributed by atoms with E-state index in [1.165, 1.54) is 19.3 Å². The predicted octanol–water partition coefficient (Wildman–Crippen LogP) is 8.33. The second-order valence-electron chi connectivity index (χ2n) is 15.2. The van der Waals surface area contributed by atoms with Crippen LogP contribution >= 0.6 is 7.82 Å². The van der Waals surface area contributed by atoms with Crippen molar-refractivity contribution in [2.45, 2.75) is 191 Å². The van der Waals surface area contributed by atoms with Gasteiger partial charge in [-0.3, -0.25) is 18.6 Å². The maximum atomic E-state index is 12.8. The fourth-order valence-electron chi connectivity index (χ4n) is 6.19. The Balaban J connectivity index is 2.50. The summed E-state index contributed by atoms with van der Waals surface area (Å²) in [7, 11) is -5.13. The van der Waals surface area contributed by atoms with Crippen LogP contribution in [-0.4, -0.2) is 98.3 Å². The van der Waals surface area contributed by atoms with Gasteiger partial charge >= 0.3 is 19.8 Å². The number of carbonyl (C=O) groups excluding carboxylic acids is 2. The fraction of sp³-hybridized carbons (Fsp3) is 0.696. The number of ether oxygens (including phenoxy) is 2. The summed E-state index contributed by atoms with van der Waals surface area (Å²) in [6.45, 7) is 3.10. The van der Waals surface area contributed by atoms with Crippen molar-refractivity contribution < 1.29 is 63.1 Å². The normalized spacial score (nSPS) is 22.9. The lowest BCUT2D eigenvalue weighted by molar-refractivity contribution is -0.220. The highest BCUT2D eigenvalue weighted by atomic mass is 31.2. The second kappa shape index (κ2) is 35.8. The van der Waals surface area contributed by atoms with Crippen molar-refractivity contribution in [3.8, 4) is 0 Å². The van der Waals surface area contributed by atoms with E-state index in [1.54, 1.807) is 0 Å². The Kier molecular flexibility index (Phi) is 33.0. The molecule has 8 atom stereocenters. The predicted molar refractivity (Wildman–Crippen MR) is 235 cm³/mol. The standard InChI is InChI=1S/C46H77O13P/c1-3-5-7-9-11-13-15-17-18-19-20-21-22-23-25-26-28-30-32-34-39(47)56-36-38(58-40(48)35-33-31-29-27-24-16-14-12-10-8-6-4-2)37-57-60(54,55)59-46-44(52)42(50)41(49)43(51)45(46)53/h5,7,11-14,17-18,20-21,23,25,38,41-46,49-53H,3-4,6,8-10,15-16,19,22,24,26-37H2,1-2H3,(H,54,55)/b7-5+,13-11+,14-12+,18-17+,21-20+,25-23+/t38-,41?,42-,43?,44?,45?,46?/m0/s1. The molecule has 1 aliphatic carbocycles. The molecule has 1 rings (SSSR count). The van der Waals surface area contributed by atoms with Gasteiger partial charge in [0.1, 0.15) is 43.2 Å². The summed E-state index contributed by atoms with van der Waals surface area (Å²) in [6, 6.07) is 0. The minimum Gasteiger partial charge on any atom is -0.462 e. The first-order chi connectivity index (χ1) is 28.9. The Morgan fingerprint density at radius 3 is 1.48 bits per heavy atom. The van der Waals surface area contributed by atoms with Gasteiger partial charge in [0.2, 0.25) is 0 Å². The molecular formula is C46H77O13P. The van der Waals surface area contributed by atoms with E-state index in [9.17, 15) is 44.6 Å². The van der Waals surface area contributed by atoms with E-state index in [4.69, 9.17) is 18.5 Å². The lowest BCUT2D eigenvalue weighted by Crippen LogP contribution is -2.64. The van der Waals surface area contributed by atoms with Crippen LogP contribution < -0.4 is 0 Å². The third-order valence-electron chi connectivity index (χ3n) is 9.78. The van der Waals surface area contributed by atoms with Crippen LogP contribution in [0.1, 0.15) is 149 Å². The SMILES string of the molecule is CC/C=C/C/C=C/C/C=C/C/C=C/C/C=C/CCCCCC(=O)OC[C@@H](COP(=O)(O)OC1C(O)C(O)C(O)[C@H](O)C1O)OC(=O)CCCCCCC/C=C/CCCCC. The minimum absolute atomic E-state index is 0.0749. The van der Waals surface area contributed by atoms with Crippen LogP contribution in [0.3, 0.4) is 0 Å². The highest BCUT2D eigenvalue weighted by Gasteiger charge is 2.51. The van der Waals surface area contributed by atoms with Crippen LogP contribution in [0.15, 0.2) is 72.9 Å². The molecule has 14 heteroatoms. The second-order valence-corrected chi connectivity index (χ2v) is 16.6. The molecule has 0 aromatic carbocycles. The first-order valence-corrected chi connectivity index (χ1v) is 23.7. The number of hydrogen-bond donors (Lipinski definition) is 6. The van der Waals surface area contributed by atoms with E-state index >= 15 is 0 Å². The van der Waals surface area contributed by atoms with Crippen LogP contribution in [0.4, 0.5) is 0 Å². The fourth-order valence-corrected chi connectivity index (χ4v) is 7.16. The van der Waals surface area contributed by atoms with Gasteiger partial charge in [-0.2, -0.15) is 0 Å². The van der Waals surface area contributed by atoms with Crippen LogP contribution in [-0.2, 0) is 32.7 Å². The van der Waals surface area contributed by atoms with Crippen molar-refractivity contribution in [1.82, 2.24) is 0 Å². The largest absolute Gasteiger partial charge is 0.472 e. The molecule has 6 unspecified atom stereocenters. The van der Waals surface area contributed by atoms with Crippen LogP contribution in [0.25, 0.3) is 0 Å². The number of allylic oxidation sites excluding steroid dienone is 12. The van der Waals surface area contributed by atoms with Gasteiger partial charge in [-0.05, 0) is 83.5 Å². The van der Waals surface area contributed by atoms with E-state index in [-0.39, 0.29) is 12.8 Å². The number of rotatable bonds is 35. The molecule has 0 aromatic heterocycles. The Morgan fingerprint density at radius 2 is 0.950 bits per heavy atom. The summed E-state index contributed by atoms with van der Waals surface area (Å²) < 4.78 is 33.4. The first kappa shape index (κ1) is 55.3. The zero-order valence-corrected chi connectivity index (χ0v) is 37.1. The number of carbonyl (C=O) groups is 2. The molecule has 0 saturated heterocycles. The van der Waals surface area contributed by atoms with Gasteiger partial charge in [0, 0.05) is 12.8 Å². The van der Waals surface area contributed by atoms with Crippen molar-refractivity contribution >= 4 is 19.8 Å². The Labute approximate surface area is 359 Å². The summed E-state index contributed by atoms with van der Waals surface area (Å²) in [6.07, 6.45) is 31.0. The average molecular weight is 869 g/mol. The van der Waals surface area contributed by atoms with Gasteiger partial charge in [-0.25, -0.2) is 4.57 Å². The van der Waals surface area contributed by atoms with Gasteiger partial charge in [0.15, 0.2) is 6.10 Å². The molecule has 60 heavy (non-hydrogen) atoms. The molecule has 0 aromatic rings. The number of aliphatic hydroxyl groups excluding tert-OH is 5. The molecule has 344 valence electrons. The summed E-state index contributed by atoms with van der Waals surface area (Å²) in [5.74, 6) is -1.16. The molecule has 0 amide bonds. The maximum absolute atomic E-state index is 12.8. The maximum Gasteiger partial charge on any atom is 0.472 e. The monoisotopic (exact) mass is 869 g/mol. The topological polar surface area (TPSA) is 210 Å². The van der Waals surface area contributed by atoms with E-state index in [2.05, 4.69) is 86.8 Å². The highest BCUT2D eigenvalue weighted by Crippen LogP contribution is 2.47. The lowest BCUT2D eigenvalue weighted by atomic mass is 9.85. The number of phosphoric acid groups is 1. The minimum atomic E-state index is -5.13. The third-order valence-corrected chi connectivity index (χ3v) is 10.8. The molecule has 0 aliphatic heterocycles. The quantitative estimate of drug-likeness (QED) is 0.0153. The number of esters is 2. The molecule has 0 heterocycles. The third kappa shape index (κ3) is 28.0. The van der Waals surface area contributed by atoms with E-state index in [1.807, 2.05) is 0 Å². The smallest absolute Gasteiger partial charge is 0.462 e. The van der Waals surface area contributed by atoms with Crippen molar-refractivity contribution in [1.29, 1.82) is 0 Å². The van der Waals surface area contributed by atoms with Gasteiger partial charge < -0.3 is 39.9 Å². The van der Waals surface area contributed by atoms with Gasteiger partial charge in [0.05, 0.1) is 6.61 Å². The number of hydrogen-bond acceptors (Lipinski definition) is 12. The lowest BCUT2D eigenvalue weighted by Gasteiger charge is -2.41. The van der Waals surface area contributed by atoms with Gasteiger partial charge in [-0.1, -0.05) is 125 Å². The molecule has 0 radical (unpaired) electrons.